The molecule has 0 bridgehead atoms. The minimum absolute atomic E-state index is 0.194. The molecule has 0 aliphatic heterocycles. The van der Waals surface area contributed by atoms with Crippen LogP contribution >= 0.6 is 46.6 Å². The molecule has 2 aromatic carbocycles. The summed E-state index contributed by atoms with van der Waals surface area (Å²) in [5.41, 5.74) is -3.30. The smallest absolute Gasteiger partial charge is 0.417 e. The van der Waals surface area contributed by atoms with Crippen LogP contribution in [-0.4, -0.2) is 42.9 Å². The van der Waals surface area contributed by atoms with E-state index < -0.39 is 70.2 Å². The molecule has 3 nitrogen and oxygen atoms in total. The molecule has 2 atom stereocenters. The molecule has 0 saturated heterocycles. The van der Waals surface area contributed by atoms with E-state index in [0.717, 1.165) is 31.4 Å². The summed E-state index contributed by atoms with van der Waals surface area (Å²) < 4.78 is 125. The van der Waals surface area contributed by atoms with Gasteiger partial charge in [0.25, 0.3) is 5.91 Å². The van der Waals surface area contributed by atoms with Crippen LogP contribution in [0.25, 0.3) is 5.76 Å². The average molecular weight is 663 g/mol. The number of nitrogens with one attached hydrogen (secondary N) is 1. The third-order valence-corrected chi connectivity index (χ3v) is 7.59. The number of methoxy groups -OCH3 is 1. The molecule has 0 aromatic heterocycles. The zero-order valence-electron chi connectivity index (χ0n) is 20.3. The van der Waals surface area contributed by atoms with Crippen LogP contribution in [0.4, 0.5) is 39.5 Å². The van der Waals surface area contributed by atoms with Gasteiger partial charge in [0, 0.05) is 17.4 Å². The first-order valence-corrected chi connectivity index (χ1v) is 13.2. The molecular weight excluding hydrogens is 644 g/mol. The van der Waals surface area contributed by atoms with Crippen LogP contribution in [-0.2, 0) is 10.9 Å². The van der Waals surface area contributed by atoms with E-state index >= 15 is 0 Å². The largest absolute Gasteiger partial charge is 0.496 e. The van der Waals surface area contributed by atoms with E-state index in [0.29, 0.717) is 23.9 Å². The Kier molecular flexibility index (Phi) is 11.4. The minimum atomic E-state index is -5.13. The summed E-state index contributed by atoms with van der Waals surface area (Å²) in [7, 11) is 0.940. The fraction of sp³-hybridized carbons (Fsp3) is 0.375. The van der Waals surface area contributed by atoms with Crippen molar-refractivity contribution < 1.29 is 49.0 Å². The number of rotatable bonds is 9. The highest BCUT2D eigenvalue weighted by Gasteiger charge is 2.41. The van der Waals surface area contributed by atoms with Crippen LogP contribution in [0, 0.1) is 0 Å². The highest BCUT2D eigenvalue weighted by atomic mass is 35.5. The van der Waals surface area contributed by atoms with Crippen LogP contribution in [0.1, 0.15) is 39.9 Å². The number of alkyl halides is 9. The Labute approximate surface area is 242 Å². The molecule has 2 rings (SSSR count). The lowest BCUT2D eigenvalue weighted by Gasteiger charge is -2.21. The molecule has 0 saturated carbocycles. The highest BCUT2D eigenvalue weighted by molar-refractivity contribution is 7.99. The van der Waals surface area contributed by atoms with Crippen molar-refractivity contribution in [2.24, 2.45) is 0 Å². The van der Waals surface area contributed by atoms with Gasteiger partial charge in [0.15, 0.2) is 0 Å². The molecule has 1 amide bonds. The molecule has 40 heavy (non-hydrogen) atoms. The van der Waals surface area contributed by atoms with Gasteiger partial charge in [0.2, 0.25) is 0 Å². The minimum Gasteiger partial charge on any atom is -0.496 e. The molecule has 0 radical (unpaired) electrons. The molecule has 222 valence electrons. The summed E-state index contributed by atoms with van der Waals surface area (Å²) in [5.74, 6) is -5.73. The first-order valence-electron chi connectivity index (χ1n) is 10.9. The number of carbonyl (C=O) groups excluding carboxylic acids is 1. The van der Waals surface area contributed by atoms with E-state index in [1.165, 1.54) is 6.92 Å². The predicted molar refractivity (Wildman–Crippen MR) is 137 cm³/mol. The summed E-state index contributed by atoms with van der Waals surface area (Å²) in [6.45, 7) is 1.31. The number of allylic oxidation sites excluding steroid dienone is 1. The molecule has 0 fully saturated rings. The number of halogens is 12. The molecule has 0 spiro atoms. The zero-order chi connectivity index (χ0) is 30.6. The van der Waals surface area contributed by atoms with Gasteiger partial charge >= 0.3 is 18.5 Å². The molecular formula is C24H19Cl3F9NO2S. The summed E-state index contributed by atoms with van der Waals surface area (Å²) in [6.07, 6.45) is -14.0. The number of hydrogen-bond acceptors (Lipinski definition) is 3. The number of thioether (sulfide) groups is 1. The quantitative estimate of drug-likeness (QED) is 0.165. The van der Waals surface area contributed by atoms with Crippen molar-refractivity contribution in [2.45, 2.75) is 37.4 Å². The number of hydrogen-bond donors (Lipinski definition) is 1. The third kappa shape index (κ3) is 9.56. The van der Waals surface area contributed by atoms with E-state index in [2.05, 4.69) is 5.32 Å². The fourth-order valence-corrected chi connectivity index (χ4v) is 4.79. The Balaban J connectivity index is 2.48. The molecule has 16 heteroatoms. The number of amides is 1. The lowest BCUT2D eigenvalue weighted by atomic mass is 9.95. The van der Waals surface area contributed by atoms with Crippen molar-refractivity contribution >= 4 is 58.2 Å². The Morgan fingerprint density at radius 3 is 2.05 bits per heavy atom. The number of benzene rings is 2. The van der Waals surface area contributed by atoms with E-state index in [-0.39, 0.29) is 20.8 Å². The Morgan fingerprint density at radius 2 is 1.57 bits per heavy atom. The number of carbonyl (C=O) groups is 1. The SMILES string of the molecule is CO/C(=C\C(c1cc(Cl)c(Cl)c(Cl)c1)C(F)(F)F)c1ccc(C(=O)NC(C)CSCC(F)(F)F)c(C(F)(F)F)c1. The van der Waals surface area contributed by atoms with Crippen LogP contribution in [0.5, 0.6) is 0 Å². The van der Waals surface area contributed by atoms with E-state index in [1.54, 1.807) is 0 Å². The van der Waals surface area contributed by atoms with Gasteiger partial charge in [-0.1, -0.05) is 40.9 Å². The summed E-state index contributed by atoms with van der Waals surface area (Å²) in [5, 5.41) is 1.42. The summed E-state index contributed by atoms with van der Waals surface area (Å²) >= 11 is 17.9. The maximum atomic E-state index is 14.0. The highest BCUT2D eigenvalue weighted by Crippen LogP contribution is 2.42. The molecule has 0 aliphatic rings. The van der Waals surface area contributed by atoms with Gasteiger partial charge in [0.05, 0.1) is 39.1 Å². The lowest BCUT2D eigenvalue weighted by Crippen LogP contribution is -2.35. The van der Waals surface area contributed by atoms with Crippen molar-refractivity contribution in [3.63, 3.8) is 0 Å². The van der Waals surface area contributed by atoms with Crippen LogP contribution in [0.15, 0.2) is 36.4 Å². The van der Waals surface area contributed by atoms with Gasteiger partial charge in [-0.2, -0.15) is 51.3 Å². The van der Waals surface area contributed by atoms with Crippen molar-refractivity contribution in [1.82, 2.24) is 5.32 Å². The zero-order valence-corrected chi connectivity index (χ0v) is 23.4. The molecule has 1 N–H and O–H groups in total. The van der Waals surface area contributed by atoms with E-state index in [4.69, 9.17) is 39.5 Å². The Bertz CT molecular complexity index is 1220. The van der Waals surface area contributed by atoms with Crippen LogP contribution in [0.3, 0.4) is 0 Å². The first kappa shape index (κ1) is 34.2. The van der Waals surface area contributed by atoms with Crippen molar-refractivity contribution in [3.05, 3.63) is 73.7 Å². The second-order valence-corrected chi connectivity index (χ2v) is 10.5. The van der Waals surface area contributed by atoms with Crippen LogP contribution < -0.4 is 5.32 Å². The maximum absolute atomic E-state index is 14.0. The monoisotopic (exact) mass is 661 g/mol. The maximum Gasteiger partial charge on any atom is 0.417 e. The Hall–Kier alpha value is -1.96. The van der Waals surface area contributed by atoms with Gasteiger partial charge in [0.1, 0.15) is 11.7 Å². The van der Waals surface area contributed by atoms with Gasteiger partial charge in [-0.3, -0.25) is 4.79 Å². The third-order valence-electron chi connectivity index (χ3n) is 5.12. The van der Waals surface area contributed by atoms with Gasteiger partial charge in [-0.25, -0.2) is 0 Å². The molecule has 2 unspecified atom stereocenters. The van der Waals surface area contributed by atoms with E-state index in [9.17, 15) is 44.3 Å². The second-order valence-electron chi connectivity index (χ2n) is 8.32. The van der Waals surface area contributed by atoms with Crippen molar-refractivity contribution in [1.29, 1.82) is 0 Å². The fourth-order valence-electron chi connectivity index (χ4n) is 3.39. The lowest BCUT2D eigenvalue weighted by molar-refractivity contribution is -0.140. The number of ether oxygens (including phenoxy) is 1. The van der Waals surface area contributed by atoms with Gasteiger partial charge < -0.3 is 10.1 Å². The molecule has 0 heterocycles. The van der Waals surface area contributed by atoms with Gasteiger partial charge in [-0.05, 0) is 42.8 Å². The predicted octanol–water partition coefficient (Wildman–Crippen LogP) is 9.41. The van der Waals surface area contributed by atoms with Crippen molar-refractivity contribution in [3.8, 4) is 0 Å². The van der Waals surface area contributed by atoms with Crippen molar-refractivity contribution in [2.75, 3.05) is 18.6 Å². The van der Waals surface area contributed by atoms with Crippen LogP contribution in [0.2, 0.25) is 15.1 Å². The topological polar surface area (TPSA) is 38.3 Å². The first-order chi connectivity index (χ1) is 18.2. The molecule has 2 aromatic rings. The normalized spacial score (nSPS) is 14.6. The average Bonchev–Trinajstić information content (AvgIpc) is 2.80. The standard InChI is InChI=1S/C24H19Cl3F9NO2S/c1-11(9-40-10-22(28,29)30)37-21(38)14-4-3-12(5-16(14)24(34,35)36)19(39-2)8-15(23(31,32)33)13-6-17(25)20(27)18(26)7-13/h3-8,11,15H,9-10H2,1-2H3,(H,37,38)/b19-8-. The van der Waals surface area contributed by atoms with E-state index in [1.807, 2.05) is 0 Å². The van der Waals surface area contributed by atoms with Gasteiger partial charge in [-0.15, -0.1) is 0 Å². The summed E-state index contributed by atoms with van der Waals surface area (Å²) in [6, 6.07) is 2.98. The summed E-state index contributed by atoms with van der Waals surface area (Å²) in [4.78, 5) is 12.5. The molecule has 0 aliphatic carbocycles. The Morgan fingerprint density at radius 1 is 1.00 bits per heavy atom. The second kappa shape index (κ2) is 13.3.